The van der Waals surface area contributed by atoms with Crippen molar-refractivity contribution in [3.8, 4) is 5.75 Å². The van der Waals surface area contributed by atoms with Crippen molar-refractivity contribution in [3.63, 3.8) is 0 Å². The topological polar surface area (TPSA) is 58.2 Å². The minimum atomic E-state index is -0.0912. The van der Waals surface area contributed by atoms with Gasteiger partial charge in [0.25, 0.3) is 5.91 Å². The van der Waals surface area contributed by atoms with E-state index >= 15 is 0 Å². The summed E-state index contributed by atoms with van der Waals surface area (Å²) >= 11 is 0. The molecule has 1 unspecified atom stereocenters. The highest BCUT2D eigenvalue weighted by atomic mass is 16.5. The number of hydrogen-bond acceptors (Lipinski definition) is 3. The highest BCUT2D eigenvalue weighted by Gasteiger charge is 2.21. The molecule has 2 aromatic rings. The van der Waals surface area contributed by atoms with Crippen LogP contribution in [0.4, 0.5) is 0 Å². The van der Waals surface area contributed by atoms with Gasteiger partial charge in [-0.15, -0.1) is 0 Å². The van der Waals surface area contributed by atoms with E-state index < -0.39 is 0 Å². The number of aromatic amines is 1. The fraction of sp³-hybridized carbons (Fsp3) is 0.412. The van der Waals surface area contributed by atoms with E-state index in [1.54, 1.807) is 19.1 Å². The lowest BCUT2D eigenvalue weighted by atomic mass is 10.1. The number of carbonyl (C=O) groups is 1. The van der Waals surface area contributed by atoms with Crippen LogP contribution in [0.15, 0.2) is 30.3 Å². The number of carbonyl (C=O) groups excluding carboxylic acids is 1. The summed E-state index contributed by atoms with van der Waals surface area (Å²) < 4.78 is 5.16. The van der Waals surface area contributed by atoms with Gasteiger partial charge in [0.1, 0.15) is 11.4 Å². The van der Waals surface area contributed by atoms with Gasteiger partial charge in [0.2, 0.25) is 0 Å². The first-order valence-corrected chi connectivity index (χ1v) is 7.40. The van der Waals surface area contributed by atoms with Crippen molar-refractivity contribution in [3.05, 3.63) is 47.3 Å². The first-order chi connectivity index (χ1) is 10.4. The molecule has 1 heterocycles. The van der Waals surface area contributed by atoms with Crippen LogP contribution in [-0.4, -0.2) is 35.2 Å². The Morgan fingerprint density at radius 3 is 2.36 bits per heavy atom. The van der Waals surface area contributed by atoms with Crippen LogP contribution in [0.2, 0.25) is 0 Å². The van der Waals surface area contributed by atoms with Crippen LogP contribution in [-0.2, 0) is 0 Å². The molecule has 118 valence electrons. The number of hydrogen-bond donors (Lipinski definition) is 1. The maximum absolute atomic E-state index is 12.5. The van der Waals surface area contributed by atoms with Crippen LogP contribution in [0.5, 0.6) is 5.75 Å². The number of benzene rings is 1. The predicted molar refractivity (Wildman–Crippen MR) is 86.2 cm³/mol. The Kier molecular flexibility index (Phi) is 4.85. The SMILES string of the molecule is COc1ccc(C(C)N(C)C(=O)c2cc(C(C)C)[nH]n2)cc1. The third-order valence-electron chi connectivity index (χ3n) is 3.94. The second kappa shape index (κ2) is 6.64. The Hall–Kier alpha value is -2.30. The number of methoxy groups -OCH3 is 1. The molecule has 1 amide bonds. The average Bonchev–Trinajstić information content (AvgIpc) is 3.03. The van der Waals surface area contributed by atoms with Gasteiger partial charge in [-0.2, -0.15) is 5.10 Å². The molecule has 1 aromatic carbocycles. The molecule has 1 aromatic heterocycles. The first kappa shape index (κ1) is 16.1. The van der Waals surface area contributed by atoms with Crippen LogP contribution in [0, 0.1) is 0 Å². The van der Waals surface area contributed by atoms with Crippen LogP contribution in [0.3, 0.4) is 0 Å². The molecule has 5 nitrogen and oxygen atoms in total. The van der Waals surface area contributed by atoms with Gasteiger partial charge in [-0.25, -0.2) is 0 Å². The summed E-state index contributed by atoms with van der Waals surface area (Å²) in [6.07, 6.45) is 0. The van der Waals surface area contributed by atoms with Gasteiger partial charge in [-0.05, 0) is 36.6 Å². The van der Waals surface area contributed by atoms with E-state index in [9.17, 15) is 4.79 Å². The fourth-order valence-corrected chi connectivity index (χ4v) is 2.20. The van der Waals surface area contributed by atoms with Gasteiger partial charge in [0.15, 0.2) is 0 Å². The molecule has 0 aliphatic rings. The van der Waals surface area contributed by atoms with Crippen LogP contribution in [0.25, 0.3) is 0 Å². The number of H-pyrrole nitrogens is 1. The minimum absolute atomic E-state index is 0.0439. The van der Waals surface area contributed by atoms with Crippen LogP contribution in [0.1, 0.15) is 54.5 Å². The summed E-state index contributed by atoms with van der Waals surface area (Å²) in [5, 5.41) is 7.05. The third kappa shape index (κ3) is 3.30. The number of ether oxygens (including phenoxy) is 1. The first-order valence-electron chi connectivity index (χ1n) is 7.40. The van der Waals surface area contributed by atoms with Gasteiger partial charge >= 0.3 is 0 Å². The highest BCUT2D eigenvalue weighted by Crippen LogP contribution is 2.23. The van der Waals surface area contributed by atoms with Crippen molar-refractivity contribution in [2.75, 3.05) is 14.2 Å². The van der Waals surface area contributed by atoms with E-state index in [0.717, 1.165) is 17.0 Å². The van der Waals surface area contributed by atoms with E-state index in [0.29, 0.717) is 11.6 Å². The molecule has 1 N–H and O–H groups in total. The van der Waals surface area contributed by atoms with E-state index in [1.807, 2.05) is 37.3 Å². The molecule has 22 heavy (non-hydrogen) atoms. The molecule has 5 heteroatoms. The summed E-state index contributed by atoms with van der Waals surface area (Å²) in [5.41, 5.74) is 2.47. The zero-order valence-corrected chi connectivity index (χ0v) is 13.8. The van der Waals surface area contributed by atoms with Crippen molar-refractivity contribution in [1.82, 2.24) is 15.1 Å². The summed E-state index contributed by atoms with van der Waals surface area (Å²) in [7, 11) is 3.43. The Labute approximate surface area is 131 Å². The van der Waals surface area contributed by atoms with Gasteiger partial charge in [-0.3, -0.25) is 9.89 Å². The van der Waals surface area contributed by atoms with Crippen molar-refractivity contribution in [1.29, 1.82) is 0 Å². The molecule has 2 rings (SSSR count). The molecule has 0 bridgehead atoms. The molecule has 0 fully saturated rings. The number of rotatable bonds is 5. The number of nitrogens with one attached hydrogen (secondary N) is 1. The summed E-state index contributed by atoms with van der Waals surface area (Å²) in [6.45, 7) is 6.12. The highest BCUT2D eigenvalue weighted by molar-refractivity contribution is 5.92. The van der Waals surface area contributed by atoms with Gasteiger partial charge in [0.05, 0.1) is 13.2 Å². The quantitative estimate of drug-likeness (QED) is 0.921. The number of aromatic nitrogens is 2. The molecule has 0 radical (unpaired) electrons. The van der Waals surface area contributed by atoms with Crippen LogP contribution < -0.4 is 4.74 Å². The predicted octanol–water partition coefficient (Wildman–Crippen LogP) is 3.37. The average molecular weight is 301 g/mol. The van der Waals surface area contributed by atoms with Crippen molar-refractivity contribution in [2.45, 2.75) is 32.7 Å². The largest absolute Gasteiger partial charge is 0.497 e. The third-order valence-corrected chi connectivity index (χ3v) is 3.94. The van der Waals surface area contributed by atoms with E-state index in [4.69, 9.17) is 4.74 Å². The van der Waals surface area contributed by atoms with Crippen molar-refractivity contribution < 1.29 is 9.53 Å². The molecule has 0 aliphatic heterocycles. The molecule has 1 atom stereocenters. The van der Waals surface area contributed by atoms with Gasteiger partial charge < -0.3 is 9.64 Å². The maximum atomic E-state index is 12.5. The lowest BCUT2D eigenvalue weighted by Gasteiger charge is -2.24. The molecule has 0 saturated carbocycles. The Balaban J connectivity index is 2.14. The van der Waals surface area contributed by atoms with Gasteiger partial charge in [-0.1, -0.05) is 26.0 Å². The van der Waals surface area contributed by atoms with Crippen LogP contribution >= 0.6 is 0 Å². The smallest absolute Gasteiger partial charge is 0.274 e. The van der Waals surface area contributed by atoms with E-state index in [-0.39, 0.29) is 11.9 Å². The molecule has 0 spiro atoms. The standard InChI is InChI=1S/C17H23N3O2/c1-11(2)15-10-16(19-18-15)17(21)20(4)12(3)13-6-8-14(22-5)9-7-13/h6-12H,1-5H3,(H,18,19). The molecule has 0 aliphatic carbocycles. The number of nitrogens with zero attached hydrogens (tertiary/aromatic N) is 2. The Bertz CT molecular complexity index is 632. The molecule has 0 saturated heterocycles. The minimum Gasteiger partial charge on any atom is -0.497 e. The summed E-state index contributed by atoms with van der Waals surface area (Å²) in [6, 6.07) is 9.52. The Morgan fingerprint density at radius 1 is 1.23 bits per heavy atom. The second-order valence-corrected chi connectivity index (χ2v) is 5.73. The zero-order valence-electron chi connectivity index (χ0n) is 13.8. The van der Waals surface area contributed by atoms with Crippen molar-refractivity contribution >= 4 is 5.91 Å². The lowest BCUT2D eigenvalue weighted by molar-refractivity contribution is 0.0736. The summed E-state index contributed by atoms with van der Waals surface area (Å²) in [4.78, 5) is 14.2. The summed E-state index contributed by atoms with van der Waals surface area (Å²) in [5.74, 6) is 1.03. The second-order valence-electron chi connectivity index (χ2n) is 5.73. The Morgan fingerprint density at radius 2 is 1.86 bits per heavy atom. The fourth-order valence-electron chi connectivity index (χ4n) is 2.20. The maximum Gasteiger partial charge on any atom is 0.274 e. The number of amides is 1. The molecular weight excluding hydrogens is 278 g/mol. The van der Waals surface area contributed by atoms with Crippen molar-refractivity contribution in [2.24, 2.45) is 0 Å². The van der Waals surface area contributed by atoms with E-state index in [1.165, 1.54) is 0 Å². The van der Waals surface area contributed by atoms with Gasteiger partial charge in [0, 0.05) is 12.7 Å². The molecular formula is C17H23N3O2. The normalized spacial score (nSPS) is 12.3. The van der Waals surface area contributed by atoms with E-state index in [2.05, 4.69) is 24.0 Å². The lowest BCUT2D eigenvalue weighted by Crippen LogP contribution is -2.29. The zero-order chi connectivity index (χ0) is 16.3. The monoisotopic (exact) mass is 301 g/mol.